The zero-order valence-corrected chi connectivity index (χ0v) is 39.7. The van der Waals surface area contributed by atoms with Gasteiger partial charge in [-0.05, 0) is 92.6 Å². The molecule has 15 heteroatoms. The van der Waals surface area contributed by atoms with Gasteiger partial charge in [0.25, 0.3) is 0 Å². The number of nitrogens with one attached hydrogen (secondary N) is 2. The molecule has 1 unspecified atom stereocenters. The van der Waals surface area contributed by atoms with Gasteiger partial charge in [0.05, 0.1) is 11.4 Å². The average Bonchev–Trinajstić information content (AvgIpc) is 3.72. The third-order valence-electron chi connectivity index (χ3n) is 12.9. The molecule has 3 aromatic carbocycles. The second-order valence-corrected chi connectivity index (χ2v) is 18.0. The van der Waals surface area contributed by atoms with Crippen LogP contribution in [0.3, 0.4) is 0 Å². The van der Waals surface area contributed by atoms with E-state index >= 15 is 0 Å². The van der Waals surface area contributed by atoms with E-state index in [0.717, 1.165) is 112 Å². The van der Waals surface area contributed by atoms with Gasteiger partial charge in [0, 0.05) is 113 Å². The molecule has 1 aliphatic carbocycles. The molecule has 2 N–H and O–H groups in total. The number of piperazine rings is 1. The largest absolute Gasteiger partial charge is 0.369 e. The van der Waals surface area contributed by atoms with E-state index < -0.39 is 11.9 Å². The van der Waals surface area contributed by atoms with Crippen LogP contribution in [0.15, 0.2) is 73.1 Å². The molecule has 67 heavy (non-hydrogen) atoms. The summed E-state index contributed by atoms with van der Waals surface area (Å²) in [4.78, 5) is 53.3. The van der Waals surface area contributed by atoms with Crippen molar-refractivity contribution in [3.8, 4) is 23.0 Å². The Bertz CT molecular complexity index is 2490. The third kappa shape index (κ3) is 13.2. The molecule has 0 bridgehead atoms. The van der Waals surface area contributed by atoms with Crippen molar-refractivity contribution in [3.05, 3.63) is 95.0 Å². The lowest BCUT2D eigenvalue weighted by molar-refractivity contribution is -0.122. The molecule has 2 amide bonds. The number of nitrogens with zero attached hydrogens (tertiary/aromatic N) is 7. The van der Waals surface area contributed by atoms with Crippen molar-refractivity contribution >= 4 is 64.2 Å². The van der Waals surface area contributed by atoms with E-state index in [1.807, 2.05) is 24.4 Å². The Labute approximate surface area is 399 Å². The van der Waals surface area contributed by atoms with E-state index in [9.17, 15) is 18.8 Å². The number of ether oxygens (including phenoxy) is 1. The van der Waals surface area contributed by atoms with Gasteiger partial charge in [-0.15, -0.1) is 0 Å². The predicted molar refractivity (Wildman–Crippen MR) is 266 cm³/mol. The van der Waals surface area contributed by atoms with E-state index in [4.69, 9.17) is 21.3 Å². The van der Waals surface area contributed by atoms with Crippen LogP contribution in [0.1, 0.15) is 81.4 Å². The Morgan fingerprint density at radius 3 is 2.48 bits per heavy atom. The van der Waals surface area contributed by atoms with Crippen LogP contribution in [0.4, 0.5) is 27.4 Å². The molecule has 2 fully saturated rings. The minimum atomic E-state index is -0.568. The van der Waals surface area contributed by atoms with E-state index in [-0.39, 0.29) is 12.3 Å². The maximum Gasteiger partial charge on any atom is 0.242 e. The molecule has 1 saturated heterocycles. The predicted octanol–water partition coefficient (Wildman–Crippen LogP) is 8.62. The monoisotopic (exact) mass is 931 g/mol. The van der Waals surface area contributed by atoms with Crippen LogP contribution >= 0.6 is 11.6 Å². The summed E-state index contributed by atoms with van der Waals surface area (Å²) >= 11 is 6.11. The molecular weight excluding hydrogens is 869 g/mol. The maximum absolute atomic E-state index is 14.1. The maximum atomic E-state index is 14.1. The number of rotatable bonds is 21. The van der Waals surface area contributed by atoms with Crippen LogP contribution in [-0.2, 0) is 25.7 Å². The Morgan fingerprint density at radius 1 is 0.970 bits per heavy atom. The van der Waals surface area contributed by atoms with Crippen LogP contribution in [0.5, 0.6) is 0 Å². The number of likely N-dealkylation sites (N-methyl/N-ethyl adjacent to an activating group) is 2. The molecule has 5 aromatic rings. The molecule has 2 aliphatic rings. The number of hydrogen-bond acceptors (Lipinski definition) is 10. The molecule has 2 aromatic heterocycles. The van der Waals surface area contributed by atoms with Gasteiger partial charge in [-0.2, -0.15) is 4.98 Å². The second kappa shape index (κ2) is 24.3. The third-order valence-corrected chi connectivity index (χ3v) is 13.2. The fourth-order valence-corrected chi connectivity index (χ4v) is 9.43. The highest BCUT2D eigenvalue weighted by Crippen LogP contribution is 2.37. The number of unbranched alkanes of at least 4 members (excludes halogenated alkanes) is 2. The first-order valence-corrected chi connectivity index (χ1v) is 23.9. The van der Waals surface area contributed by atoms with Crippen LogP contribution in [0.25, 0.3) is 22.2 Å². The van der Waals surface area contributed by atoms with Gasteiger partial charge in [0.1, 0.15) is 30.4 Å². The van der Waals surface area contributed by atoms with E-state index in [2.05, 4.69) is 72.3 Å². The van der Waals surface area contributed by atoms with Crippen molar-refractivity contribution in [1.82, 2.24) is 29.7 Å². The lowest BCUT2D eigenvalue weighted by atomic mass is 9.95. The first-order chi connectivity index (χ1) is 32.6. The lowest BCUT2D eigenvalue weighted by Gasteiger charge is -2.34. The summed E-state index contributed by atoms with van der Waals surface area (Å²) in [5.74, 6) is 6.01. The van der Waals surface area contributed by atoms with Crippen LogP contribution in [0.2, 0.25) is 5.02 Å². The fraction of sp³-hybridized carbons (Fsp3) is 0.442. The summed E-state index contributed by atoms with van der Waals surface area (Å²) < 4.78 is 22.2. The quantitative estimate of drug-likeness (QED) is 0.0420. The molecule has 1 saturated carbocycles. The minimum Gasteiger partial charge on any atom is -0.369 e. The zero-order valence-electron chi connectivity index (χ0n) is 39.0. The molecule has 354 valence electrons. The number of aromatic nitrogens is 3. The van der Waals surface area contributed by atoms with Crippen molar-refractivity contribution in [2.24, 2.45) is 0 Å². The molecule has 3 heterocycles. The van der Waals surface area contributed by atoms with Gasteiger partial charge in [0.15, 0.2) is 0 Å². The molecule has 0 spiro atoms. The Morgan fingerprint density at radius 2 is 1.75 bits per heavy atom. The van der Waals surface area contributed by atoms with Crippen LogP contribution in [-0.4, -0.2) is 116 Å². The van der Waals surface area contributed by atoms with Gasteiger partial charge in [-0.3, -0.25) is 14.5 Å². The van der Waals surface area contributed by atoms with Crippen molar-refractivity contribution in [2.45, 2.75) is 82.8 Å². The normalized spacial score (nSPS) is 15.1. The highest BCUT2D eigenvalue weighted by Gasteiger charge is 2.26. The van der Waals surface area contributed by atoms with Crippen molar-refractivity contribution in [1.29, 1.82) is 0 Å². The highest BCUT2D eigenvalue weighted by atomic mass is 35.5. The Balaban J connectivity index is 0.836. The Hall–Kier alpha value is -5.85. The first kappa shape index (κ1) is 49.1. The number of halogens is 2. The molecule has 13 nitrogen and oxygen atoms in total. The number of fused-ring (bicyclic) bond motifs is 1. The van der Waals surface area contributed by atoms with Crippen molar-refractivity contribution in [3.63, 3.8) is 0 Å². The summed E-state index contributed by atoms with van der Waals surface area (Å²) in [7, 11) is 5.01. The number of carbonyl (C=O) groups is 3. The second-order valence-electron chi connectivity index (χ2n) is 17.6. The average molecular weight is 933 g/mol. The van der Waals surface area contributed by atoms with E-state index in [1.54, 1.807) is 32.1 Å². The summed E-state index contributed by atoms with van der Waals surface area (Å²) in [6.45, 7) is 7.16. The topological polar surface area (TPSA) is 128 Å². The summed E-state index contributed by atoms with van der Waals surface area (Å²) in [5, 5.41) is 7.13. The van der Waals surface area contributed by atoms with Crippen LogP contribution in [0, 0.1) is 17.7 Å². The number of aldehydes is 1. The molecule has 1 aliphatic heterocycles. The van der Waals surface area contributed by atoms with E-state index in [0.29, 0.717) is 53.7 Å². The molecule has 7 rings (SSSR count). The SMILES string of the molecule is CNC(=O)C(CCC=O)N(C)c1ccc(C#CCOCCCCCN2CCN(Cc3ccc(-c4cn(C5CCCCC5)c5nc(Nc6cc(F)cc(Cl)c6)ncc45)cc3)CC2)cc1N(C)C=O. The number of carbonyl (C=O) groups excluding carboxylic acids is 3. The fourth-order valence-electron chi connectivity index (χ4n) is 9.21. The van der Waals surface area contributed by atoms with Gasteiger partial charge >= 0.3 is 0 Å². The number of hydrogen-bond donors (Lipinski definition) is 2. The van der Waals surface area contributed by atoms with Gasteiger partial charge < -0.3 is 39.4 Å². The minimum absolute atomic E-state index is 0.204. The summed E-state index contributed by atoms with van der Waals surface area (Å²) in [5.41, 5.74) is 6.97. The molecule has 0 radical (unpaired) electrons. The standard InChI is InChI=1S/C52H63ClFN9O4/c1-55-51(66)48(15-10-27-64)60(3)47-21-18-38(30-49(47)59(2)37-65)12-11-29-67-28-9-5-8-22-61-23-25-62(26-24-61)35-39-16-19-40(20-17-39)46-36-63(44-13-6-4-7-14-44)50-45(46)34-56-52(58-50)57-43-32-41(53)31-42(54)33-43/h16-21,27,30-34,36-37,44,48H,4-10,13-15,22-26,28-29,35H2,1-3H3,(H,55,66)(H,56,57,58). The summed E-state index contributed by atoms with van der Waals surface area (Å²) in [6, 6.07) is 18.6. The smallest absolute Gasteiger partial charge is 0.242 e. The van der Waals surface area contributed by atoms with Crippen molar-refractivity contribution in [2.75, 3.05) is 82.2 Å². The zero-order chi connectivity index (χ0) is 47.1. The van der Waals surface area contributed by atoms with Gasteiger partial charge in [-0.25, -0.2) is 9.37 Å². The first-order valence-electron chi connectivity index (χ1n) is 23.6. The summed E-state index contributed by atoms with van der Waals surface area (Å²) in [6.07, 6.45) is 15.4. The molecular formula is C52H63ClFN9O4. The highest BCUT2D eigenvalue weighted by molar-refractivity contribution is 6.30. The number of anilines is 4. The number of benzene rings is 3. The number of amides is 2. The van der Waals surface area contributed by atoms with Crippen LogP contribution < -0.4 is 20.4 Å². The van der Waals surface area contributed by atoms with Crippen molar-refractivity contribution < 1.29 is 23.5 Å². The van der Waals surface area contributed by atoms with E-state index in [1.165, 1.54) is 41.9 Å². The van der Waals surface area contributed by atoms with Gasteiger partial charge in [0.2, 0.25) is 18.3 Å². The Kier molecular flexibility index (Phi) is 17.8. The van der Waals surface area contributed by atoms with Gasteiger partial charge in [-0.1, -0.05) is 67.0 Å². The lowest BCUT2D eigenvalue weighted by Crippen LogP contribution is -2.46. The molecule has 1 atom stereocenters.